The molecule has 0 aliphatic carbocycles. The number of nitrogens with one attached hydrogen (secondary N) is 11. The van der Waals surface area contributed by atoms with Crippen molar-refractivity contribution in [3.63, 3.8) is 0 Å². The second-order valence-electron chi connectivity index (χ2n) is 28.5. The smallest absolute Gasteiger partial charge is 0.305 e. The van der Waals surface area contributed by atoms with Crippen LogP contribution < -0.4 is 104 Å². The van der Waals surface area contributed by atoms with Gasteiger partial charge in [0.25, 0.3) is 0 Å². The summed E-state index contributed by atoms with van der Waals surface area (Å²) in [5, 5.41) is 48.3. The molecular weight excluding hydrogens is 1440 g/mol. The average Bonchev–Trinajstić information content (AvgIpc) is 1.74. The summed E-state index contributed by atoms with van der Waals surface area (Å²) in [6.07, 6.45) is 1.57. The number of phenolic OH excluding ortho intramolecular Hbond substituents is 1. The maximum absolute atomic E-state index is 15.0. The minimum absolute atomic E-state index is 0.000146. The monoisotopic (exact) mass is 1560 g/mol. The van der Waals surface area contributed by atoms with Crippen molar-refractivity contribution in [3.8, 4) is 5.75 Å². The molecule has 0 aromatic heterocycles. The third kappa shape index (κ3) is 36.1. The van der Waals surface area contributed by atoms with Gasteiger partial charge in [-0.05, 0) is 150 Å². The summed E-state index contributed by atoms with van der Waals surface area (Å²) in [5.74, 6) is -14.2. The van der Waals surface area contributed by atoms with Crippen LogP contribution in [0, 0.1) is 17.8 Å². The third-order valence-corrected chi connectivity index (χ3v) is 18.2. The normalized spacial score (nSPS) is 15.5. The van der Waals surface area contributed by atoms with Gasteiger partial charge in [-0.25, -0.2) is 0 Å². The van der Waals surface area contributed by atoms with Gasteiger partial charge in [-0.2, -0.15) is 0 Å². The Morgan fingerprint density at radius 3 is 1.49 bits per heavy atom. The van der Waals surface area contributed by atoms with Crippen LogP contribution in [-0.2, 0) is 80.0 Å². The van der Waals surface area contributed by atoms with Crippen molar-refractivity contribution >= 4 is 94.7 Å². The lowest BCUT2D eigenvalue weighted by Crippen LogP contribution is -2.61. The molecule has 0 spiro atoms. The molecule has 0 radical (unpaired) electrons. The quantitative estimate of drug-likeness (QED) is 0.0169. The molecule has 0 bridgehead atoms. The highest BCUT2D eigenvalue weighted by Crippen LogP contribution is 2.22. The van der Waals surface area contributed by atoms with Gasteiger partial charge in [0.1, 0.15) is 66.2 Å². The number of nitrogens with zero attached hydrogens (tertiary/aromatic N) is 3. The number of rotatable bonds is 52. The number of carbonyl (C=O) groups is 14. The van der Waals surface area contributed by atoms with Crippen molar-refractivity contribution < 1.29 is 77.3 Å². The van der Waals surface area contributed by atoms with Crippen molar-refractivity contribution in [1.82, 2.24) is 63.4 Å². The number of phenols is 1. The molecule has 618 valence electrons. The molecule has 1 saturated heterocycles. The van der Waals surface area contributed by atoms with Crippen molar-refractivity contribution in [3.05, 3.63) is 65.7 Å². The summed E-state index contributed by atoms with van der Waals surface area (Å²) >= 11 is 0. The van der Waals surface area contributed by atoms with E-state index in [4.69, 9.17) is 45.9 Å². The highest BCUT2D eigenvalue weighted by molar-refractivity contribution is 6.00. The predicted molar refractivity (Wildman–Crippen MR) is 414 cm³/mol. The Labute approximate surface area is 647 Å². The van der Waals surface area contributed by atoms with Crippen LogP contribution in [0.4, 0.5) is 0 Å². The lowest BCUT2D eigenvalue weighted by Gasteiger charge is -2.32. The molecule has 1 aliphatic heterocycles. The van der Waals surface area contributed by atoms with Crippen LogP contribution in [-0.4, -0.2) is 222 Å². The minimum atomic E-state index is -1.94. The van der Waals surface area contributed by atoms with Gasteiger partial charge in [0.15, 0.2) is 11.9 Å². The van der Waals surface area contributed by atoms with E-state index in [9.17, 15) is 72.5 Å². The van der Waals surface area contributed by atoms with Gasteiger partial charge in [-0.3, -0.25) is 77.1 Å². The van der Waals surface area contributed by atoms with E-state index >= 15 is 4.79 Å². The Kier molecular flexibility index (Phi) is 42.6. The number of likely N-dealkylation sites (tertiary alicyclic amines) is 1. The van der Waals surface area contributed by atoms with E-state index in [1.54, 1.807) is 70.2 Å². The number of aromatic hydroxyl groups is 1. The second-order valence-corrected chi connectivity index (χ2v) is 28.5. The minimum Gasteiger partial charge on any atom is -0.508 e. The van der Waals surface area contributed by atoms with Crippen molar-refractivity contribution in [2.45, 2.75) is 224 Å². The summed E-state index contributed by atoms with van der Waals surface area (Å²) in [7, 11) is 0. The highest BCUT2D eigenvalue weighted by atomic mass is 16.4. The van der Waals surface area contributed by atoms with Crippen LogP contribution in [0.15, 0.2) is 64.6 Å². The zero-order chi connectivity index (χ0) is 82.9. The van der Waals surface area contributed by atoms with Crippen LogP contribution >= 0.6 is 0 Å². The molecule has 0 saturated carbocycles. The average molecular weight is 1560 g/mol. The van der Waals surface area contributed by atoms with Gasteiger partial charge in [-0.15, -0.1) is 0 Å². The fourth-order valence-electron chi connectivity index (χ4n) is 12.0. The number of hydrogen-bond acceptors (Lipinski definition) is 20. The first-order chi connectivity index (χ1) is 52.6. The zero-order valence-electron chi connectivity index (χ0n) is 64.5. The van der Waals surface area contributed by atoms with Crippen molar-refractivity contribution in [2.24, 2.45) is 73.6 Å². The van der Waals surface area contributed by atoms with E-state index in [0.29, 0.717) is 49.8 Å². The number of carboxylic acids is 1. The molecule has 2 aromatic carbocycles. The van der Waals surface area contributed by atoms with E-state index in [2.05, 4.69) is 68.5 Å². The fourth-order valence-corrected chi connectivity index (χ4v) is 12.0. The zero-order valence-corrected chi connectivity index (χ0v) is 64.5. The van der Waals surface area contributed by atoms with Crippen LogP contribution in [0.2, 0.25) is 0 Å². The van der Waals surface area contributed by atoms with E-state index in [-0.39, 0.29) is 133 Å². The summed E-state index contributed by atoms with van der Waals surface area (Å²) in [6, 6.07) is -0.542. The molecule has 13 amide bonds. The first-order valence-corrected chi connectivity index (χ1v) is 37.7. The van der Waals surface area contributed by atoms with Crippen LogP contribution in [0.1, 0.15) is 155 Å². The highest BCUT2D eigenvalue weighted by Gasteiger charge is 2.42. The number of unbranched alkanes of at least 4 members (excludes halogenated alkanes) is 2. The molecule has 3 rings (SSSR count). The Bertz CT molecular complexity index is 3450. The molecule has 0 unspecified atom stereocenters. The maximum atomic E-state index is 15.0. The van der Waals surface area contributed by atoms with Crippen LogP contribution in [0.5, 0.6) is 5.75 Å². The Balaban J connectivity index is 1.93. The Morgan fingerprint density at radius 1 is 0.495 bits per heavy atom. The van der Waals surface area contributed by atoms with E-state index in [1.165, 1.54) is 17.0 Å². The van der Waals surface area contributed by atoms with Crippen molar-refractivity contribution in [2.75, 3.05) is 45.8 Å². The van der Waals surface area contributed by atoms with Gasteiger partial charge in [0.05, 0.1) is 25.6 Å². The first-order valence-electron chi connectivity index (χ1n) is 37.7. The molecule has 1 aliphatic rings. The third-order valence-electron chi connectivity index (χ3n) is 18.2. The standard InChI is InChI=1S/C73H120N22O16/c1-7-43(6)60(70(110)90-51(23-16-32-83-73(80)81)71(111)95-33-17-24-56(95)69(109)89-49(21-12-14-30-75)63(103)91-52(34-41(2)3)65(105)87-48(61(77)101)20-11-13-29-74)94-64(104)50(22-15-31-82-72(78)79)88-68(108)55(38-59(99)100)93-66(106)53(35-42(4)5)92-67(107)54(37-44-18-9-8-10-19-44)86-58(98)40-84-57(97)39-85-62(102)47(76)36-45-25-27-46(96)28-26-45/h8-10,18-19,25-28,41-43,47-56,60,96H,7,11-17,20-24,29-40,74-76H2,1-6H3,(H2,77,101)(H,84,97)(H,85,102)(H,86,98)(H,87,105)(H,88,108)(H,89,109)(H,90,110)(H,91,103)(H,92,107)(H,93,106)(H,94,104)(H,99,100)(H4,78,79,82)(H4,80,81,83)/t43-,47-,48-,49-,50-,51-,52-,53-,54-,55+,56-,60-/m0/s1. The van der Waals surface area contributed by atoms with E-state index < -0.39 is 175 Å². The fraction of sp³-hybridized carbons (Fsp3) is 0.616. The summed E-state index contributed by atoms with van der Waals surface area (Å²) in [5.41, 5.74) is 46.8. The topological polar surface area (TPSA) is 648 Å². The molecule has 38 nitrogen and oxygen atoms in total. The number of primary amides is 1. The molecule has 111 heavy (non-hydrogen) atoms. The number of amides is 13. The van der Waals surface area contributed by atoms with E-state index in [1.807, 2.05) is 13.8 Å². The summed E-state index contributed by atoms with van der Waals surface area (Å²) in [6.45, 7) is 9.76. The molecule has 2 aromatic rings. The van der Waals surface area contributed by atoms with Gasteiger partial charge in [0.2, 0.25) is 76.8 Å². The molecule has 1 heterocycles. The van der Waals surface area contributed by atoms with Crippen LogP contribution in [0.3, 0.4) is 0 Å². The number of aliphatic carboxylic acids is 1. The predicted octanol–water partition coefficient (Wildman–Crippen LogP) is -4.45. The Hall–Kier alpha value is -10.8. The van der Waals surface area contributed by atoms with Crippen molar-refractivity contribution in [1.29, 1.82) is 0 Å². The molecule has 1 fully saturated rings. The van der Waals surface area contributed by atoms with Crippen LogP contribution in [0.25, 0.3) is 0 Å². The summed E-state index contributed by atoms with van der Waals surface area (Å²) in [4.78, 5) is 204. The van der Waals surface area contributed by atoms with Gasteiger partial charge >= 0.3 is 5.97 Å². The molecule has 12 atom stereocenters. The molecular formula is C73H120N22O16. The summed E-state index contributed by atoms with van der Waals surface area (Å²) < 4.78 is 0. The Morgan fingerprint density at radius 2 is 0.955 bits per heavy atom. The lowest BCUT2D eigenvalue weighted by molar-refractivity contribution is -0.143. The van der Waals surface area contributed by atoms with Gasteiger partial charge in [0, 0.05) is 26.1 Å². The number of hydrogen-bond donors (Lipinski definition) is 21. The number of carboxylic acid groups (broad SMARTS) is 1. The van der Waals surface area contributed by atoms with Gasteiger partial charge < -0.3 is 119 Å². The first kappa shape index (κ1) is 94.4. The maximum Gasteiger partial charge on any atom is 0.305 e. The largest absolute Gasteiger partial charge is 0.508 e. The SMILES string of the molecule is CC[C@H](C)[C@H](NC(=O)[C@H](CCCN=C(N)N)NC(=O)[C@@H](CC(=O)O)NC(=O)[C@H](CC(C)C)NC(=O)[C@H](Cc1ccccc1)NC(=O)CNC(=O)CNC(=O)[C@@H](N)Cc1ccc(O)cc1)C(=O)N[C@@H](CCCN=C(N)N)C(=O)N1CCC[C@H]1C(=O)N[C@@H](CCCCN)C(=O)N[C@@H](CC(C)C)C(=O)N[C@@H](CCCCN)C(N)=O. The van der Waals surface area contributed by atoms with E-state index in [0.717, 1.165) is 0 Å². The molecule has 29 N–H and O–H groups in total. The lowest BCUT2D eigenvalue weighted by atomic mass is 9.96. The number of nitrogens with two attached hydrogens (primary N) is 8. The number of carbonyl (C=O) groups excluding carboxylic acids is 13. The number of aliphatic imine (C=N–C) groups is 2. The van der Waals surface area contributed by atoms with Gasteiger partial charge in [-0.1, -0.05) is 90.4 Å². The number of benzene rings is 2. The molecule has 38 heteroatoms. The number of guanidine groups is 2. The second kappa shape index (κ2) is 50.1.